The highest BCUT2D eigenvalue weighted by Crippen LogP contribution is 2.37. The van der Waals surface area contributed by atoms with Gasteiger partial charge in [-0.05, 0) is 55.1 Å². The smallest absolute Gasteiger partial charge is 0.338 e. The Bertz CT molecular complexity index is 1410. The summed E-state index contributed by atoms with van der Waals surface area (Å²) in [6.45, 7) is 2.00. The van der Waals surface area contributed by atoms with Gasteiger partial charge in [0.15, 0.2) is 5.17 Å². The molecule has 0 saturated carbocycles. The van der Waals surface area contributed by atoms with E-state index in [-0.39, 0.29) is 18.2 Å². The Morgan fingerprint density at radius 2 is 2.03 bits per heavy atom. The summed E-state index contributed by atoms with van der Waals surface area (Å²) in [4.78, 5) is 41.7. The van der Waals surface area contributed by atoms with E-state index in [9.17, 15) is 19.7 Å². The minimum absolute atomic E-state index is 0.0971. The molecule has 0 bridgehead atoms. The van der Waals surface area contributed by atoms with E-state index in [2.05, 4.69) is 4.99 Å². The summed E-state index contributed by atoms with van der Waals surface area (Å²) in [6.07, 6.45) is 1.60. The van der Waals surface area contributed by atoms with Crippen molar-refractivity contribution in [1.29, 1.82) is 0 Å². The zero-order valence-electron chi connectivity index (χ0n) is 19.6. The molecule has 0 unspecified atom stereocenters. The fourth-order valence-corrected chi connectivity index (χ4v) is 4.35. The van der Waals surface area contributed by atoms with Crippen LogP contribution in [0.2, 0.25) is 0 Å². The van der Waals surface area contributed by atoms with Gasteiger partial charge in [0, 0.05) is 19.2 Å². The van der Waals surface area contributed by atoms with Gasteiger partial charge in [0.05, 0.1) is 46.4 Å². The lowest BCUT2D eigenvalue weighted by Gasteiger charge is -2.07. The average molecular weight is 508 g/mol. The molecular weight excluding hydrogens is 486 g/mol. The molecule has 10 nitrogen and oxygen atoms in total. The number of nitro benzene ring substituents is 1. The van der Waals surface area contributed by atoms with E-state index >= 15 is 0 Å². The molecule has 0 N–H and O–H groups in total. The van der Waals surface area contributed by atoms with E-state index in [4.69, 9.17) is 13.9 Å². The monoisotopic (exact) mass is 507 g/mol. The van der Waals surface area contributed by atoms with Gasteiger partial charge in [0.2, 0.25) is 0 Å². The molecule has 1 aliphatic heterocycles. The Morgan fingerprint density at radius 1 is 1.22 bits per heavy atom. The first-order chi connectivity index (χ1) is 17.3. The quantitative estimate of drug-likeness (QED) is 0.183. The highest BCUT2D eigenvalue weighted by atomic mass is 32.2. The van der Waals surface area contributed by atoms with E-state index < -0.39 is 10.9 Å². The van der Waals surface area contributed by atoms with Crippen molar-refractivity contribution >= 4 is 46.3 Å². The first-order valence-electron chi connectivity index (χ1n) is 10.8. The molecular formula is C25H21N3O7S. The Morgan fingerprint density at radius 3 is 2.75 bits per heavy atom. The lowest BCUT2D eigenvalue weighted by atomic mass is 10.1. The number of aliphatic imine (C=N–C) groups is 1. The topological polar surface area (TPSA) is 124 Å². The van der Waals surface area contributed by atoms with Crippen LogP contribution in [0.5, 0.6) is 5.75 Å². The van der Waals surface area contributed by atoms with Gasteiger partial charge in [-0.15, -0.1) is 0 Å². The molecule has 3 aromatic rings. The van der Waals surface area contributed by atoms with Gasteiger partial charge in [-0.2, -0.15) is 0 Å². The number of ether oxygens (including phenoxy) is 2. The van der Waals surface area contributed by atoms with Crippen LogP contribution >= 0.6 is 11.8 Å². The highest BCUT2D eigenvalue weighted by Gasteiger charge is 2.31. The summed E-state index contributed by atoms with van der Waals surface area (Å²) in [6, 6.07) is 14.3. The van der Waals surface area contributed by atoms with Crippen molar-refractivity contribution < 1.29 is 28.4 Å². The number of hydrogen-bond acceptors (Lipinski definition) is 9. The molecule has 184 valence electrons. The minimum atomic E-state index is -0.504. The SMILES string of the molecule is CCOC(=O)c1cccc(N=C2SC(=Cc3ccc(-c4ccc([N+](=O)[O-])cc4OC)o3)C(=O)N2C)c1. The molecule has 1 aromatic heterocycles. The number of benzene rings is 2. The number of non-ortho nitro benzene ring substituents is 1. The molecule has 4 rings (SSSR count). The molecule has 1 fully saturated rings. The van der Waals surface area contributed by atoms with Crippen LogP contribution in [0.15, 0.2) is 68.9 Å². The highest BCUT2D eigenvalue weighted by molar-refractivity contribution is 8.18. The predicted octanol–water partition coefficient (Wildman–Crippen LogP) is 5.27. The molecule has 2 heterocycles. The van der Waals surface area contributed by atoms with Crippen LogP contribution < -0.4 is 4.74 Å². The number of likely N-dealkylation sites (N-methyl/N-ethyl adjacent to an activating group) is 1. The summed E-state index contributed by atoms with van der Waals surface area (Å²) >= 11 is 1.17. The fourth-order valence-electron chi connectivity index (χ4n) is 3.38. The normalized spacial score (nSPS) is 15.5. The zero-order valence-corrected chi connectivity index (χ0v) is 20.4. The number of thioether (sulfide) groups is 1. The standard InChI is InChI=1S/C25H21N3O7S/c1-4-34-24(30)15-6-5-7-16(12-15)26-25-27(2)23(29)22(36-25)14-18-9-11-20(35-18)19-10-8-17(28(31)32)13-21(19)33-3/h5-14H,4H2,1-3H3. The summed E-state index contributed by atoms with van der Waals surface area (Å²) in [7, 11) is 3.03. The number of furan rings is 1. The maximum absolute atomic E-state index is 12.8. The predicted molar refractivity (Wildman–Crippen MR) is 135 cm³/mol. The van der Waals surface area contributed by atoms with E-state index in [1.165, 1.54) is 35.9 Å². The summed E-state index contributed by atoms with van der Waals surface area (Å²) in [5, 5.41) is 11.5. The molecule has 0 spiro atoms. The maximum atomic E-state index is 12.8. The third-order valence-corrected chi connectivity index (χ3v) is 6.21. The van der Waals surface area contributed by atoms with Crippen LogP contribution in [0.1, 0.15) is 23.0 Å². The number of carbonyl (C=O) groups excluding carboxylic acids is 2. The molecule has 1 saturated heterocycles. The number of methoxy groups -OCH3 is 1. The summed E-state index contributed by atoms with van der Waals surface area (Å²) in [5.41, 5.74) is 1.32. The number of nitro groups is 1. The van der Waals surface area contributed by atoms with Crippen molar-refractivity contribution in [2.45, 2.75) is 6.92 Å². The number of esters is 1. The number of carbonyl (C=O) groups is 2. The second-order valence-corrected chi connectivity index (χ2v) is 8.49. The van der Waals surface area contributed by atoms with Gasteiger partial charge in [0.25, 0.3) is 11.6 Å². The number of amidine groups is 1. The average Bonchev–Trinajstić information content (AvgIpc) is 3.44. The zero-order chi connectivity index (χ0) is 25.8. The van der Waals surface area contributed by atoms with Crippen LogP contribution in [0.4, 0.5) is 11.4 Å². The van der Waals surface area contributed by atoms with Crippen molar-refractivity contribution in [3.63, 3.8) is 0 Å². The Kier molecular flexibility index (Phi) is 7.20. The molecule has 0 atom stereocenters. The third-order valence-electron chi connectivity index (χ3n) is 5.15. The van der Waals surface area contributed by atoms with Crippen molar-refractivity contribution in [2.24, 2.45) is 4.99 Å². The summed E-state index contributed by atoms with van der Waals surface area (Å²) in [5.74, 6) is 0.443. The van der Waals surface area contributed by atoms with E-state index in [1.807, 2.05) is 0 Å². The van der Waals surface area contributed by atoms with Crippen LogP contribution in [-0.2, 0) is 9.53 Å². The second-order valence-electron chi connectivity index (χ2n) is 7.48. The summed E-state index contributed by atoms with van der Waals surface area (Å²) < 4.78 is 16.2. The van der Waals surface area contributed by atoms with E-state index in [0.717, 1.165) is 0 Å². The van der Waals surface area contributed by atoms with Gasteiger partial charge in [-0.1, -0.05) is 6.07 Å². The Labute approximate surface area is 210 Å². The van der Waals surface area contributed by atoms with Gasteiger partial charge >= 0.3 is 5.97 Å². The molecule has 36 heavy (non-hydrogen) atoms. The number of nitrogens with zero attached hydrogens (tertiary/aromatic N) is 3. The molecule has 0 radical (unpaired) electrons. The molecule has 1 amide bonds. The van der Waals surface area contributed by atoms with Gasteiger partial charge in [-0.25, -0.2) is 9.79 Å². The number of rotatable bonds is 7. The largest absolute Gasteiger partial charge is 0.496 e. The number of amides is 1. The Balaban J connectivity index is 1.58. The number of hydrogen-bond donors (Lipinski definition) is 0. The van der Waals surface area contributed by atoms with Crippen LogP contribution in [0, 0.1) is 10.1 Å². The maximum Gasteiger partial charge on any atom is 0.338 e. The van der Waals surface area contributed by atoms with Gasteiger partial charge < -0.3 is 13.9 Å². The molecule has 1 aliphatic rings. The van der Waals surface area contributed by atoms with Crippen molar-refractivity contribution in [3.8, 4) is 17.1 Å². The lowest BCUT2D eigenvalue weighted by Crippen LogP contribution is -2.23. The molecule has 2 aromatic carbocycles. The lowest BCUT2D eigenvalue weighted by molar-refractivity contribution is -0.384. The Hall–Kier alpha value is -4.38. The molecule has 11 heteroatoms. The van der Waals surface area contributed by atoms with Gasteiger partial charge in [-0.3, -0.25) is 19.8 Å². The van der Waals surface area contributed by atoms with E-state index in [0.29, 0.717) is 44.2 Å². The first kappa shape index (κ1) is 24.7. The molecule has 0 aliphatic carbocycles. The van der Waals surface area contributed by atoms with Crippen LogP contribution in [0.25, 0.3) is 17.4 Å². The van der Waals surface area contributed by atoms with Crippen LogP contribution in [0.3, 0.4) is 0 Å². The van der Waals surface area contributed by atoms with Crippen molar-refractivity contribution in [1.82, 2.24) is 4.90 Å². The minimum Gasteiger partial charge on any atom is -0.496 e. The van der Waals surface area contributed by atoms with Gasteiger partial charge in [0.1, 0.15) is 17.3 Å². The van der Waals surface area contributed by atoms with Crippen molar-refractivity contribution in [2.75, 3.05) is 20.8 Å². The third kappa shape index (κ3) is 5.15. The second kappa shape index (κ2) is 10.5. The van der Waals surface area contributed by atoms with Crippen LogP contribution in [-0.4, -0.2) is 47.6 Å². The fraction of sp³-hybridized carbons (Fsp3) is 0.160. The van der Waals surface area contributed by atoms with Crippen molar-refractivity contribution in [3.05, 3.63) is 80.9 Å². The van der Waals surface area contributed by atoms with E-state index in [1.54, 1.807) is 62.5 Å². The first-order valence-corrected chi connectivity index (χ1v) is 11.6.